The van der Waals surface area contributed by atoms with Gasteiger partial charge in [-0.3, -0.25) is 0 Å². The zero-order chi connectivity index (χ0) is 9.80. The van der Waals surface area contributed by atoms with Crippen molar-refractivity contribution in [2.45, 2.75) is 51.9 Å². The van der Waals surface area contributed by atoms with Gasteiger partial charge in [0.05, 0.1) is 0 Å². The van der Waals surface area contributed by atoms with E-state index in [1.54, 1.807) is 5.70 Å². The maximum atomic E-state index is 2.62. The van der Waals surface area contributed by atoms with Crippen molar-refractivity contribution < 1.29 is 0 Å². The van der Waals surface area contributed by atoms with Gasteiger partial charge < -0.3 is 4.90 Å². The van der Waals surface area contributed by atoms with Gasteiger partial charge in [0, 0.05) is 18.8 Å². The summed E-state index contributed by atoms with van der Waals surface area (Å²) in [6, 6.07) is 0. The Kier molecular flexibility index (Phi) is 3.49. The van der Waals surface area contributed by atoms with E-state index < -0.39 is 0 Å². The molecule has 80 valence electrons. The topological polar surface area (TPSA) is 3.24 Å². The number of fused-ring (bicyclic) bond motifs is 3. The Balaban J connectivity index is 1.79. The second-order valence-electron chi connectivity index (χ2n) is 4.83. The first-order chi connectivity index (χ1) is 6.90. The standard InChI is InChI=1S/C13H23N/c1-2-3-4-5-6-13-11-12-7-9-14(13)10-8-12/h6,12H,2-5,7-11H2,1H3/b13-6-. The predicted octanol–water partition coefficient (Wildman–Crippen LogP) is 3.57. The summed E-state index contributed by atoms with van der Waals surface area (Å²) in [5.74, 6) is 1.03. The van der Waals surface area contributed by atoms with Gasteiger partial charge in [-0.15, -0.1) is 0 Å². The summed E-state index contributed by atoms with van der Waals surface area (Å²) in [6.45, 7) is 4.95. The predicted molar refractivity (Wildman–Crippen MR) is 61.1 cm³/mol. The first kappa shape index (κ1) is 10.1. The van der Waals surface area contributed by atoms with E-state index in [4.69, 9.17) is 0 Å². The summed E-state index contributed by atoms with van der Waals surface area (Å²) in [6.07, 6.45) is 12.2. The Morgan fingerprint density at radius 1 is 1.29 bits per heavy atom. The van der Waals surface area contributed by atoms with Crippen LogP contribution < -0.4 is 0 Å². The van der Waals surface area contributed by atoms with Crippen molar-refractivity contribution >= 4 is 0 Å². The Bertz CT molecular complexity index is 199. The molecule has 0 spiro atoms. The zero-order valence-corrected chi connectivity index (χ0v) is 9.47. The van der Waals surface area contributed by atoms with E-state index in [-0.39, 0.29) is 0 Å². The molecule has 0 amide bonds. The molecule has 0 unspecified atom stereocenters. The van der Waals surface area contributed by atoms with Crippen molar-refractivity contribution in [3.05, 3.63) is 11.8 Å². The van der Waals surface area contributed by atoms with Crippen molar-refractivity contribution in [3.8, 4) is 0 Å². The van der Waals surface area contributed by atoms with Gasteiger partial charge >= 0.3 is 0 Å². The lowest BCUT2D eigenvalue weighted by Crippen LogP contribution is -2.39. The fourth-order valence-electron chi connectivity index (χ4n) is 2.72. The Hall–Kier alpha value is -0.460. The average Bonchev–Trinajstić information content (AvgIpc) is 2.26. The van der Waals surface area contributed by atoms with E-state index >= 15 is 0 Å². The fraction of sp³-hybridized carbons (Fsp3) is 0.846. The van der Waals surface area contributed by atoms with E-state index in [1.807, 2.05) is 0 Å². The highest BCUT2D eigenvalue weighted by molar-refractivity contribution is 5.08. The number of rotatable bonds is 4. The number of allylic oxidation sites excluding steroid dienone is 2. The average molecular weight is 193 g/mol. The Labute approximate surface area is 88.2 Å². The third-order valence-electron chi connectivity index (χ3n) is 3.71. The lowest BCUT2D eigenvalue weighted by atomic mass is 9.86. The minimum Gasteiger partial charge on any atom is -0.375 e. The molecule has 0 aromatic carbocycles. The summed E-state index contributed by atoms with van der Waals surface area (Å²) < 4.78 is 0. The molecular formula is C13H23N. The largest absolute Gasteiger partial charge is 0.375 e. The number of nitrogens with zero attached hydrogens (tertiary/aromatic N) is 1. The second kappa shape index (κ2) is 4.86. The maximum absolute atomic E-state index is 2.62. The van der Waals surface area contributed by atoms with Crippen LogP contribution in [-0.2, 0) is 0 Å². The molecule has 3 fully saturated rings. The van der Waals surface area contributed by atoms with Crippen LogP contribution in [-0.4, -0.2) is 18.0 Å². The van der Waals surface area contributed by atoms with E-state index in [9.17, 15) is 0 Å². The van der Waals surface area contributed by atoms with E-state index in [1.165, 1.54) is 58.0 Å². The monoisotopic (exact) mass is 193 g/mol. The molecule has 3 aliphatic heterocycles. The van der Waals surface area contributed by atoms with Gasteiger partial charge in [-0.05, 0) is 38.0 Å². The van der Waals surface area contributed by atoms with Crippen molar-refractivity contribution in [3.63, 3.8) is 0 Å². The minimum absolute atomic E-state index is 1.03. The van der Waals surface area contributed by atoms with Crippen molar-refractivity contribution in [2.24, 2.45) is 5.92 Å². The van der Waals surface area contributed by atoms with Gasteiger partial charge in [0.1, 0.15) is 0 Å². The third kappa shape index (κ3) is 2.31. The first-order valence-electron chi connectivity index (χ1n) is 6.34. The smallest absolute Gasteiger partial charge is 0.0177 e. The van der Waals surface area contributed by atoms with E-state index in [0.717, 1.165) is 5.92 Å². The molecule has 0 N–H and O–H groups in total. The molecule has 3 aliphatic rings. The summed E-state index contributed by atoms with van der Waals surface area (Å²) in [5.41, 5.74) is 1.67. The highest BCUT2D eigenvalue weighted by atomic mass is 15.2. The van der Waals surface area contributed by atoms with Crippen LogP contribution in [0.1, 0.15) is 51.9 Å². The highest BCUT2D eigenvalue weighted by Gasteiger charge is 2.27. The highest BCUT2D eigenvalue weighted by Crippen LogP contribution is 2.34. The number of piperidine rings is 3. The van der Waals surface area contributed by atoms with Crippen LogP contribution in [0.3, 0.4) is 0 Å². The molecule has 0 aromatic rings. The molecule has 2 bridgehead atoms. The molecule has 1 nitrogen and oxygen atoms in total. The molecule has 0 aromatic heterocycles. The van der Waals surface area contributed by atoms with Gasteiger partial charge in [-0.2, -0.15) is 0 Å². The van der Waals surface area contributed by atoms with Gasteiger partial charge in [0.15, 0.2) is 0 Å². The van der Waals surface area contributed by atoms with Crippen molar-refractivity contribution in [1.82, 2.24) is 4.90 Å². The molecule has 0 atom stereocenters. The maximum Gasteiger partial charge on any atom is 0.0177 e. The molecule has 1 heteroatoms. The molecular weight excluding hydrogens is 170 g/mol. The van der Waals surface area contributed by atoms with Gasteiger partial charge in [-0.25, -0.2) is 0 Å². The normalized spacial score (nSPS) is 24.9. The van der Waals surface area contributed by atoms with Crippen molar-refractivity contribution in [2.75, 3.05) is 13.1 Å². The summed E-state index contributed by atoms with van der Waals surface area (Å²) >= 11 is 0. The molecule has 14 heavy (non-hydrogen) atoms. The third-order valence-corrected chi connectivity index (χ3v) is 3.71. The summed E-state index contributed by atoms with van der Waals surface area (Å²) in [4.78, 5) is 2.62. The van der Waals surface area contributed by atoms with Gasteiger partial charge in [0.25, 0.3) is 0 Å². The molecule has 3 heterocycles. The van der Waals surface area contributed by atoms with Crippen LogP contribution in [0.15, 0.2) is 11.8 Å². The SMILES string of the molecule is CCCCC/C=C1/CC2CCN1CC2. The molecule has 3 rings (SSSR count). The molecule has 3 saturated heterocycles. The second-order valence-corrected chi connectivity index (χ2v) is 4.83. The number of hydrogen-bond donors (Lipinski definition) is 0. The Morgan fingerprint density at radius 3 is 2.64 bits per heavy atom. The zero-order valence-electron chi connectivity index (χ0n) is 9.47. The van der Waals surface area contributed by atoms with Gasteiger partial charge in [-0.1, -0.05) is 25.8 Å². The quantitative estimate of drug-likeness (QED) is 0.617. The van der Waals surface area contributed by atoms with E-state index in [0.29, 0.717) is 0 Å². The van der Waals surface area contributed by atoms with Crippen LogP contribution in [0.25, 0.3) is 0 Å². The van der Waals surface area contributed by atoms with Crippen LogP contribution in [0, 0.1) is 5.92 Å². The van der Waals surface area contributed by atoms with Crippen LogP contribution in [0.5, 0.6) is 0 Å². The summed E-state index contributed by atoms with van der Waals surface area (Å²) in [7, 11) is 0. The lowest BCUT2D eigenvalue weighted by Gasteiger charge is -2.42. The Morgan fingerprint density at radius 2 is 2.07 bits per heavy atom. The van der Waals surface area contributed by atoms with Gasteiger partial charge in [0.2, 0.25) is 0 Å². The van der Waals surface area contributed by atoms with Crippen LogP contribution in [0.4, 0.5) is 0 Å². The fourth-order valence-corrected chi connectivity index (χ4v) is 2.72. The van der Waals surface area contributed by atoms with Crippen LogP contribution >= 0.6 is 0 Å². The van der Waals surface area contributed by atoms with Crippen LogP contribution in [0.2, 0.25) is 0 Å². The number of unbranched alkanes of at least 4 members (excludes halogenated alkanes) is 3. The molecule has 0 saturated carbocycles. The minimum atomic E-state index is 1.03. The summed E-state index contributed by atoms with van der Waals surface area (Å²) in [5, 5.41) is 0. The first-order valence-corrected chi connectivity index (χ1v) is 6.34. The molecule has 0 aliphatic carbocycles. The van der Waals surface area contributed by atoms with Crippen molar-refractivity contribution in [1.29, 1.82) is 0 Å². The lowest BCUT2D eigenvalue weighted by molar-refractivity contribution is 0.159. The number of hydrogen-bond acceptors (Lipinski definition) is 1. The molecule has 0 radical (unpaired) electrons. The van der Waals surface area contributed by atoms with E-state index in [2.05, 4.69) is 17.9 Å².